The predicted molar refractivity (Wildman–Crippen MR) is 60.4 cm³/mol. The fraction of sp³-hybridized carbons (Fsp3) is 0.417. The normalized spacial score (nSPS) is 16.3. The molecule has 0 amide bonds. The van der Waals surface area contributed by atoms with Crippen LogP contribution in [0.2, 0.25) is 0 Å². The average molecular weight is 218 g/mol. The van der Waals surface area contributed by atoms with Crippen LogP contribution in [0.5, 0.6) is 5.75 Å². The van der Waals surface area contributed by atoms with Gasteiger partial charge in [0.15, 0.2) is 0 Å². The van der Waals surface area contributed by atoms with Crippen LogP contribution in [0.1, 0.15) is 18.4 Å². The molecule has 0 heterocycles. The molecule has 0 unspecified atom stereocenters. The molecule has 4 heteroatoms. The Bertz CT molecular complexity index is 433. The van der Waals surface area contributed by atoms with E-state index < -0.39 is 0 Å². The maximum absolute atomic E-state index is 9.23. The molecule has 1 fully saturated rings. The number of benzene rings is 1. The molecule has 1 aromatic rings. The number of nitrogens with zero attached hydrogens (tertiary/aromatic N) is 1. The summed E-state index contributed by atoms with van der Waals surface area (Å²) in [4.78, 5) is 0. The van der Waals surface area contributed by atoms with Gasteiger partial charge in [-0.3, -0.25) is 0 Å². The van der Waals surface area contributed by atoms with Crippen LogP contribution >= 0.6 is 0 Å². The molecular weight excluding hydrogens is 204 g/mol. The summed E-state index contributed by atoms with van der Waals surface area (Å²) in [6.45, 7) is 0.0923. The van der Waals surface area contributed by atoms with Crippen LogP contribution in [-0.2, 0) is 0 Å². The second-order valence-electron chi connectivity index (χ2n) is 4.09. The number of methoxy groups -OCH3 is 1. The van der Waals surface area contributed by atoms with E-state index in [0.717, 1.165) is 18.5 Å². The molecule has 0 aromatic heterocycles. The van der Waals surface area contributed by atoms with Crippen molar-refractivity contribution >= 4 is 5.69 Å². The first kappa shape index (κ1) is 10.8. The Morgan fingerprint density at radius 2 is 2.31 bits per heavy atom. The highest BCUT2D eigenvalue weighted by molar-refractivity contribution is 5.62. The van der Waals surface area contributed by atoms with Crippen molar-refractivity contribution in [3.63, 3.8) is 0 Å². The number of hydrogen-bond donors (Lipinski definition) is 2. The number of ether oxygens (including phenoxy) is 1. The summed E-state index contributed by atoms with van der Waals surface area (Å²) in [7, 11) is 1.59. The van der Waals surface area contributed by atoms with Crippen molar-refractivity contribution in [1.29, 1.82) is 5.26 Å². The maximum Gasteiger partial charge on any atom is 0.121 e. The zero-order valence-corrected chi connectivity index (χ0v) is 9.16. The molecule has 0 bridgehead atoms. The van der Waals surface area contributed by atoms with Gasteiger partial charge >= 0.3 is 0 Å². The van der Waals surface area contributed by atoms with Gasteiger partial charge in [-0.2, -0.15) is 5.26 Å². The first-order valence-corrected chi connectivity index (χ1v) is 5.20. The number of anilines is 1. The maximum atomic E-state index is 9.23. The lowest BCUT2D eigenvalue weighted by Crippen LogP contribution is -2.26. The smallest absolute Gasteiger partial charge is 0.121 e. The van der Waals surface area contributed by atoms with Crippen molar-refractivity contribution in [2.24, 2.45) is 0 Å². The summed E-state index contributed by atoms with van der Waals surface area (Å²) in [6.07, 6.45) is 1.87. The van der Waals surface area contributed by atoms with Gasteiger partial charge in [-0.15, -0.1) is 0 Å². The molecule has 2 N–H and O–H groups in total. The fourth-order valence-corrected chi connectivity index (χ4v) is 1.61. The first-order valence-electron chi connectivity index (χ1n) is 5.20. The lowest BCUT2D eigenvalue weighted by Gasteiger charge is -2.17. The molecule has 0 saturated heterocycles. The summed E-state index contributed by atoms with van der Waals surface area (Å²) in [5.74, 6) is 0.704. The minimum atomic E-state index is -0.224. The van der Waals surface area contributed by atoms with E-state index >= 15 is 0 Å². The van der Waals surface area contributed by atoms with Gasteiger partial charge in [0.05, 0.1) is 30.5 Å². The molecule has 84 valence electrons. The van der Waals surface area contributed by atoms with Gasteiger partial charge in [-0.25, -0.2) is 0 Å². The molecule has 1 aliphatic carbocycles. The molecule has 0 aliphatic heterocycles. The fourth-order valence-electron chi connectivity index (χ4n) is 1.61. The van der Waals surface area contributed by atoms with Crippen LogP contribution in [0.25, 0.3) is 0 Å². The van der Waals surface area contributed by atoms with Crippen molar-refractivity contribution in [2.75, 3.05) is 19.0 Å². The topological polar surface area (TPSA) is 65.3 Å². The van der Waals surface area contributed by atoms with Gasteiger partial charge in [0.1, 0.15) is 11.8 Å². The van der Waals surface area contributed by atoms with Gasteiger partial charge in [-0.1, -0.05) is 0 Å². The van der Waals surface area contributed by atoms with Crippen LogP contribution in [0.15, 0.2) is 18.2 Å². The second-order valence-corrected chi connectivity index (χ2v) is 4.09. The Kier molecular flexibility index (Phi) is 2.71. The lowest BCUT2D eigenvalue weighted by atomic mass is 10.1. The number of aliphatic hydroxyl groups excluding tert-OH is 1. The van der Waals surface area contributed by atoms with Crippen LogP contribution in [-0.4, -0.2) is 24.4 Å². The van der Waals surface area contributed by atoms with Gasteiger partial charge < -0.3 is 15.2 Å². The minimum Gasteiger partial charge on any atom is -0.497 e. The van der Waals surface area contributed by atoms with Gasteiger partial charge in [0, 0.05) is 6.07 Å². The van der Waals surface area contributed by atoms with Crippen molar-refractivity contribution < 1.29 is 9.84 Å². The van der Waals surface area contributed by atoms with E-state index in [1.807, 2.05) is 0 Å². The van der Waals surface area contributed by atoms with E-state index in [-0.39, 0.29) is 12.1 Å². The molecule has 2 rings (SSSR count). The van der Waals surface area contributed by atoms with Crippen molar-refractivity contribution in [3.8, 4) is 11.8 Å². The molecule has 0 spiro atoms. The van der Waals surface area contributed by atoms with Crippen molar-refractivity contribution in [1.82, 2.24) is 0 Å². The van der Waals surface area contributed by atoms with Crippen molar-refractivity contribution in [3.05, 3.63) is 23.8 Å². The van der Waals surface area contributed by atoms with E-state index in [4.69, 9.17) is 10.00 Å². The second kappa shape index (κ2) is 4.03. The Hall–Kier alpha value is -1.73. The molecule has 1 saturated carbocycles. The number of nitrogens with one attached hydrogen (secondary N) is 1. The van der Waals surface area contributed by atoms with E-state index in [2.05, 4.69) is 11.4 Å². The van der Waals surface area contributed by atoms with E-state index in [1.54, 1.807) is 25.3 Å². The highest BCUT2D eigenvalue weighted by atomic mass is 16.5. The SMILES string of the molecule is COc1ccc(C#N)c(NC2(CO)CC2)c1. The third kappa shape index (κ3) is 1.95. The van der Waals surface area contributed by atoms with Crippen LogP contribution < -0.4 is 10.1 Å². The average Bonchev–Trinajstić information content (AvgIpc) is 3.09. The molecule has 1 aromatic carbocycles. The Labute approximate surface area is 94.5 Å². The zero-order valence-electron chi connectivity index (χ0n) is 9.16. The molecular formula is C12H14N2O2. The largest absolute Gasteiger partial charge is 0.497 e. The third-order valence-corrected chi connectivity index (χ3v) is 2.90. The monoisotopic (exact) mass is 218 g/mol. The molecule has 1 aliphatic rings. The minimum absolute atomic E-state index is 0.0923. The summed E-state index contributed by atoms with van der Waals surface area (Å²) in [5, 5.41) is 21.4. The predicted octanol–water partition coefficient (Wildman–Crippen LogP) is 1.50. The van der Waals surface area contributed by atoms with E-state index in [9.17, 15) is 5.11 Å². The van der Waals surface area contributed by atoms with Gasteiger partial charge in [-0.05, 0) is 25.0 Å². The summed E-state index contributed by atoms with van der Waals surface area (Å²) in [5.41, 5.74) is 1.08. The molecule has 0 radical (unpaired) electrons. The van der Waals surface area contributed by atoms with Gasteiger partial charge in [0.25, 0.3) is 0 Å². The molecule has 0 atom stereocenters. The summed E-state index contributed by atoms with van der Waals surface area (Å²) >= 11 is 0. The highest BCUT2D eigenvalue weighted by Crippen LogP contribution is 2.39. The van der Waals surface area contributed by atoms with Crippen LogP contribution in [0.3, 0.4) is 0 Å². The number of hydrogen-bond acceptors (Lipinski definition) is 4. The Balaban J connectivity index is 2.27. The number of aliphatic hydroxyl groups is 1. The van der Waals surface area contributed by atoms with E-state index in [0.29, 0.717) is 11.3 Å². The lowest BCUT2D eigenvalue weighted by molar-refractivity contribution is 0.266. The highest BCUT2D eigenvalue weighted by Gasteiger charge is 2.42. The number of rotatable bonds is 4. The standard InChI is InChI=1S/C12H14N2O2/c1-16-10-3-2-9(7-13)11(6-10)14-12(8-15)4-5-12/h2-3,6,14-15H,4-5,8H2,1H3. The first-order chi connectivity index (χ1) is 7.73. The Morgan fingerprint density at radius 3 is 2.81 bits per heavy atom. The summed E-state index contributed by atoms with van der Waals surface area (Å²) in [6, 6.07) is 7.38. The molecule has 16 heavy (non-hydrogen) atoms. The number of nitriles is 1. The van der Waals surface area contributed by atoms with Gasteiger partial charge in [0.2, 0.25) is 0 Å². The van der Waals surface area contributed by atoms with Crippen molar-refractivity contribution in [2.45, 2.75) is 18.4 Å². The van der Waals surface area contributed by atoms with Crippen LogP contribution in [0.4, 0.5) is 5.69 Å². The van der Waals surface area contributed by atoms with E-state index in [1.165, 1.54) is 0 Å². The van der Waals surface area contributed by atoms with Crippen LogP contribution in [0, 0.1) is 11.3 Å². The summed E-state index contributed by atoms with van der Waals surface area (Å²) < 4.78 is 5.11. The Morgan fingerprint density at radius 1 is 1.56 bits per heavy atom. The molecule has 4 nitrogen and oxygen atoms in total. The third-order valence-electron chi connectivity index (χ3n) is 2.90. The zero-order chi connectivity index (χ0) is 11.6. The quantitative estimate of drug-likeness (QED) is 0.803.